The summed E-state index contributed by atoms with van der Waals surface area (Å²) in [4.78, 5) is 22.5. The largest absolute Gasteiger partial charge is 0.466 e. The molecule has 0 aromatic carbocycles. The third-order valence-electron chi connectivity index (χ3n) is 1.71. The summed E-state index contributed by atoms with van der Waals surface area (Å²) in [6.45, 7) is 1.70. The highest BCUT2D eigenvalue weighted by molar-refractivity contribution is 8.05. The van der Waals surface area contributed by atoms with Gasteiger partial charge in [0, 0.05) is 13.2 Å². The summed E-state index contributed by atoms with van der Waals surface area (Å²) in [7, 11) is 2.74. The van der Waals surface area contributed by atoms with Gasteiger partial charge in [0.05, 0.1) is 12.0 Å². The summed E-state index contributed by atoms with van der Waals surface area (Å²) < 4.78 is 9.47. The van der Waals surface area contributed by atoms with Crippen LogP contribution in [0.2, 0.25) is 0 Å². The predicted octanol–water partition coefficient (Wildman–Crippen LogP) is 0.226. The van der Waals surface area contributed by atoms with Crippen molar-refractivity contribution in [2.24, 2.45) is 0 Å². The Bertz CT molecular complexity index is 302. The molecule has 0 aliphatic carbocycles. The highest BCUT2D eigenvalue weighted by atomic mass is 32.2. The second-order valence-corrected chi connectivity index (χ2v) is 4.16. The maximum atomic E-state index is 11.3. The Balaban J connectivity index is 2.80. The maximum Gasteiger partial charge on any atom is 0.331 e. The van der Waals surface area contributed by atoms with Gasteiger partial charge >= 0.3 is 5.97 Å². The van der Waals surface area contributed by atoms with Gasteiger partial charge in [-0.15, -0.1) is 0 Å². The molecule has 1 N–H and O–H groups in total. The predicted molar refractivity (Wildman–Crippen MR) is 51.2 cm³/mol. The summed E-state index contributed by atoms with van der Waals surface area (Å²) in [5, 5.41) is 1.79. The molecule has 1 heterocycles. The Labute approximate surface area is 85.8 Å². The van der Waals surface area contributed by atoms with Gasteiger partial charge < -0.3 is 14.8 Å². The minimum Gasteiger partial charge on any atom is -0.466 e. The van der Waals surface area contributed by atoms with Crippen LogP contribution in [0.4, 0.5) is 0 Å². The molecule has 1 aliphatic rings. The van der Waals surface area contributed by atoms with E-state index >= 15 is 0 Å². The van der Waals surface area contributed by atoms with Crippen LogP contribution < -0.4 is 5.32 Å². The Morgan fingerprint density at radius 1 is 1.57 bits per heavy atom. The SMILES string of the molecule is COC(=O)/C=C1\S[C@](C)(OC)NC1=O. The van der Waals surface area contributed by atoms with E-state index in [1.807, 2.05) is 0 Å². The molecule has 0 aromatic rings. The molecule has 1 atom stereocenters. The van der Waals surface area contributed by atoms with E-state index in [9.17, 15) is 9.59 Å². The Kier molecular flexibility index (Phi) is 3.17. The maximum absolute atomic E-state index is 11.3. The van der Waals surface area contributed by atoms with E-state index in [1.165, 1.54) is 14.2 Å². The lowest BCUT2D eigenvalue weighted by Gasteiger charge is -2.19. The molecule has 1 aliphatic heterocycles. The molecule has 1 saturated heterocycles. The van der Waals surface area contributed by atoms with Crippen LogP contribution in [0.5, 0.6) is 0 Å². The van der Waals surface area contributed by atoms with Gasteiger partial charge in [0.25, 0.3) is 5.91 Å². The smallest absolute Gasteiger partial charge is 0.331 e. The van der Waals surface area contributed by atoms with Gasteiger partial charge in [0.2, 0.25) is 0 Å². The Hall–Kier alpha value is -1.01. The molecule has 0 unspecified atom stereocenters. The topological polar surface area (TPSA) is 64.6 Å². The lowest BCUT2D eigenvalue weighted by Crippen LogP contribution is -2.37. The van der Waals surface area contributed by atoms with Crippen molar-refractivity contribution in [1.82, 2.24) is 5.32 Å². The van der Waals surface area contributed by atoms with Crippen molar-refractivity contribution in [3.8, 4) is 0 Å². The van der Waals surface area contributed by atoms with E-state index < -0.39 is 11.0 Å². The van der Waals surface area contributed by atoms with E-state index in [2.05, 4.69) is 10.1 Å². The van der Waals surface area contributed by atoms with E-state index in [4.69, 9.17) is 4.74 Å². The number of rotatable bonds is 2. The number of esters is 1. The number of ether oxygens (including phenoxy) is 2. The molecule has 0 bridgehead atoms. The fraction of sp³-hybridized carbons (Fsp3) is 0.500. The number of nitrogens with one attached hydrogen (secondary N) is 1. The van der Waals surface area contributed by atoms with Crippen LogP contribution in [0.3, 0.4) is 0 Å². The molecule has 0 radical (unpaired) electrons. The number of amides is 1. The second kappa shape index (κ2) is 4.02. The van der Waals surface area contributed by atoms with Gasteiger partial charge in [-0.3, -0.25) is 4.79 Å². The fourth-order valence-corrected chi connectivity index (χ4v) is 1.85. The molecule has 0 spiro atoms. The molecule has 14 heavy (non-hydrogen) atoms. The molecule has 0 saturated carbocycles. The van der Waals surface area contributed by atoms with Crippen LogP contribution in [0, 0.1) is 0 Å². The summed E-state index contributed by atoms with van der Waals surface area (Å²) >= 11 is 1.14. The Morgan fingerprint density at radius 2 is 2.21 bits per heavy atom. The Morgan fingerprint density at radius 3 is 2.64 bits per heavy atom. The van der Waals surface area contributed by atoms with Crippen molar-refractivity contribution >= 4 is 23.6 Å². The standard InChI is InChI=1S/C8H11NO4S/c1-8(13-3)9-7(11)5(14-8)4-6(10)12-2/h4H,1-3H3,(H,9,11)/b5-4-/t8-/m0/s1. The van der Waals surface area contributed by atoms with Crippen LogP contribution in [-0.4, -0.2) is 31.2 Å². The molecule has 78 valence electrons. The van der Waals surface area contributed by atoms with Crippen molar-refractivity contribution in [1.29, 1.82) is 0 Å². The number of thioether (sulfide) groups is 1. The van der Waals surface area contributed by atoms with Gasteiger partial charge in [0.1, 0.15) is 0 Å². The zero-order chi connectivity index (χ0) is 10.8. The van der Waals surface area contributed by atoms with Gasteiger partial charge in [-0.1, -0.05) is 11.8 Å². The lowest BCUT2D eigenvalue weighted by atomic mass is 10.4. The normalized spacial score (nSPS) is 29.1. The molecular weight excluding hydrogens is 206 g/mol. The van der Waals surface area contributed by atoms with Crippen molar-refractivity contribution in [3.05, 3.63) is 11.0 Å². The first kappa shape index (κ1) is 11.1. The third-order valence-corrected chi connectivity index (χ3v) is 2.89. The minimum atomic E-state index is -0.795. The van der Waals surface area contributed by atoms with Gasteiger partial charge in [-0.2, -0.15) is 0 Å². The van der Waals surface area contributed by atoms with Gasteiger partial charge in [-0.05, 0) is 6.92 Å². The zero-order valence-corrected chi connectivity index (χ0v) is 8.94. The summed E-state index contributed by atoms with van der Waals surface area (Å²) in [5.74, 6) is -0.882. The molecule has 1 amide bonds. The van der Waals surface area contributed by atoms with E-state index in [1.54, 1.807) is 6.92 Å². The van der Waals surface area contributed by atoms with Crippen LogP contribution in [0.1, 0.15) is 6.92 Å². The number of hydrogen-bond acceptors (Lipinski definition) is 5. The molecular formula is C8H11NO4S. The first-order valence-corrected chi connectivity index (χ1v) is 4.69. The van der Waals surface area contributed by atoms with Crippen LogP contribution in [0.15, 0.2) is 11.0 Å². The number of hydrogen-bond donors (Lipinski definition) is 1. The molecule has 0 aromatic heterocycles. The van der Waals surface area contributed by atoms with Crippen molar-refractivity contribution in [2.45, 2.75) is 12.0 Å². The molecule has 1 fully saturated rings. The molecule has 6 heteroatoms. The van der Waals surface area contributed by atoms with Crippen LogP contribution in [0.25, 0.3) is 0 Å². The first-order chi connectivity index (χ1) is 6.50. The van der Waals surface area contributed by atoms with E-state index in [0.29, 0.717) is 4.91 Å². The summed E-state index contributed by atoms with van der Waals surface area (Å²) in [5.41, 5.74) is 0. The lowest BCUT2D eigenvalue weighted by molar-refractivity contribution is -0.135. The quantitative estimate of drug-likeness (QED) is 0.529. The van der Waals surface area contributed by atoms with Gasteiger partial charge in [-0.25, -0.2) is 4.79 Å². The average molecular weight is 217 g/mol. The highest BCUT2D eigenvalue weighted by Crippen LogP contribution is 2.36. The molecule has 1 rings (SSSR count). The van der Waals surface area contributed by atoms with Crippen molar-refractivity contribution < 1.29 is 19.1 Å². The monoisotopic (exact) mass is 217 g/mol. The average Bonchev–Trinajstić information content (AvgIpc) is 2.43. The van der Waals surface area contributed by atoms with Gasteiger partial charge in [0.15, 0.2) is 5.06 Å². The third kappa shape index (κ3) is 2.27. The minimum absolute atomic E-state index is 0.293. The van der Waals surface area contributed by atoms with E-state index in [0.717, 1.165) is 17.8 Å². The summed E-state index contributed by atoms with van der Waals surface area (Å²) in [6, 6.07) is 0. The number of carbonyl (C=O) groups is 2. The first-order valence-electron chi connectivity index (χ1n) is 3.87. The summed E-state index contributed by atoms with van der Waals surface area (Å²) in [6.07, 6.45) is 1.14. The second-order valence-electron chi connectivity index (χ2n) is 2.74. The van der Waals surface area contributed by atoms with Crippen LogP contribution in [-0.2, 0) is 19.1 Å². The van der Waals surface area contributed by atoms with E-state index in [-0.39, 0.29) is 5.91 Å². The van der Waals surface area contributed by atoms with Crippen LogP contribution >= 0.6 is 11.8 Å². The highest BCUT2D eigenvalue weighted by Gasteiger charge is 2.38. The zero-order valence-electron chi connectivity index (χ0n) is 8.12. The van der Waals surface area contributed by atoms with Crippen molar-refractivity contribution in [3.63, 3.8) is 0 Å². The number of methoxy groups -OCH3 is 2. The van der Waals surface area contributed by atoms with Crippen molar-refractivity contribution in [2.75, 3.05) is 14.2 Å². The molecule has 5 nitrogen and oxygen atoms in total. The fourth-order valence-electron chi connectivity index (χ4n) is 0.903. The number of carbonyl (C=O) groups excluding carboxylic acids is 2.